The van der Waals surface area contributed by atoms with Gasteiger partial charge in [-0.1, -0.05) is 44.9 Å². The van der Waals surface area contributed by atoms with E-state index in [-0.39, 0.29) is 59.1 Å². The van der Waals surface area contributed by atoms with Gasteiger partial charge in [-0.2, -0.15) is 0 Å². The summed E-state index contributed by atoms with van der Waals surface area (Å²) < 4.78 is 16.5. The first-order valence-corrected chi connectivity index (χ1v) is 9.44. The second kappa shape index (κ2) is 11.0. The molecule has 2 atom stereocenters. The van der Waals surface area contributed by atoms with Crippen molar-refractivity contribution in [1.29, 1.82) is 0 Å². The minimum absolute atomic E-state index is 0. The van der Waals surface area contributed by atoms with Gasteiger partial charge in [-0.15, -0.1) is 0 Å². The second-order valence-electron chi connectivity index (χ2n) is 6.04. The van der Waals surface area contributed by atoms with Gasteiger partial charge in [0.15, 0.2) is 13.9 Å². The third-order valence-corrected chi connectivity index (χ3v) is 4.62. The molecule has 0 aliphatic heterocycles. The van der Waals surface area contributed by atoms with E-state index in [9.17, 15) is 9.46 Å². The Labute approximate surface area is 183 Å². The predicted molar refractivity (Wildman–Crippen MR) is 88.7 cm³/mol. The topological polar surface area (TPSA) is 69.6 Å². The molecule has 1 aliphatic rings. The summed E-state index contributed by atoms with van der Waals surface area (Å²) in [5.41, 5.74) is 2.08. The molecule has 0 saturated heterocycles. The molecule has 0 aromatic heterocycles. The Balaban J connectivity index is 0.00000242. The quantitative estimate of drug-likeness (QED) is 0.515. The summed E-state index contributed by atoms with van der Waals surface area (Å²) in [5, 5.41) is 0. The maximum atomic E-state index is 11.0. The van der Waals surface area contributed by atoms with Crippen molar-refractivity contribution in [2.24, 2.45) is 5.92 Å². The average molecular weight is 358 g/mol. The molecule has 4 nitrogen and oxygen atoms in total. The Hall–Kier alpha value is 1.17. The summed E-state index contributed by atoms with van der Waals surface area (Å²) in [5.74, 6) is 1.76. The van der Waals surface area contributed by atoms with Crippen molar-refractivity contribution in [3.8, 4) is 5.75 Å². The Bertz CT molecular complexity index is 529. The zero-order chi connectivity index (χ0) is 15.5. The first kappa shape index (κ1) is 24.2. The van der Waals surface area contributed by atoms with Crippen molar-refractivity contribution in [1.82, 2.24) is 0 Å². The molecule has 1 aromatic rings. The molecule has 1 fully saturated rings. The summed E-state index contributed by atoms with van der Waals surface area (Å²) in [6.07, 6.45) is 4.92. The van der Waals surface area contributed by atoms with E-state index >= 15 is 0 Å². The third-order valence-electron chi connectivity index (χ3n) is 4.16. The number of aryl methyl sites for hydroxylation is 1. The first-order valence-electron chi connectivity index (χ1n) is 7.68. The standard InChI is InChI=1S/C16H25O4P.2Na.H/c1-3-12(2)15-6-4-5-14(10-9-13-7-8-13)16(15)20-11-21(17,18)19;;;/h4-6,12-13H,3,7-11H2,1-2H3,(H2,17,18,19);;;/q;;+1;/p-1. The fourth-order valence-electron chi connectivity index (χ4n) is 2.50. The molecule has 1 saturated carbocycles. The van der Waals surface area contributed by atoms with Crippen LogP contribution < -0.4 is 39.2 Å². The van der Waals surface area contributed by atoms with Gasteiger partial charge >= 0.3 is 59.1 Å². The fraction of sp³-hybridized carbons (Fsp3) is 0.625. The van der Waals surface area contributed by atoms with Crippen LogP contribution in [0.2, 0.25) is 0 Å². The van der Waals surface area contributed by atoms with Crippen LogP contribution in [0, 0.1) is 5.92 Å². The van der Waals surface area contributed by atoms with Crippen LogP contribution in [0.5, 0.6) is 5.75 Å². The third kappa shape index (κ3) is 8.40. The van der Waals surface area contributed by atoms with E-state index in [1.165, 1.54) is 12.8 Å². The zero-order valence-corrected chi connectivity index (χ0v) is 16.6. The van der Waals surface area contributed by atoms with E-state index in [0.717, 1.165) is 36.3 Å². The Morgan fingerprint density at radius 1 is 1.43 bits per heavy atom. The van der Waals surface area contributed by atoms with E-state index in [0.29, 0.717) is 11.7 Å². The molecule has 7 heteroatoms. The van der Waals surface area contributed by atoms with Gasteiger partial charge in [0.1, 0.15) is 5.75 Å². The van der Waals surface area contributed by atoms with Gasteiger partial charge in [-0.05, 0) is 42.2 Å². The normalized spacial score (nSPS) is 17.4. The Morgan fingerprint density at radius 3 is 2.61 bits per heavy atom. The predicted octanol–water partition coefficient (Wildman–Crippen LogP) is -0.220. The van der Waals surface area contributed by atoms with E-state index in [1.807, 2.05) is 18.2 Å². The zero-order valence-electron chi connectivity index (χ0n) is 13.7. The van der Waals surface area contributed by atoms with Crippen molar-refractivity contribution in [3.05, 3.63) is 29.3 Å². The number of rotatable bonds is 8. The molecule has 2 unspecified atom stereocenters. The summed E-state index contributed by atoms with van der Waals surface area (Å²) in [6, 6.07) is 5.99. The van der Waals surface area contributed by atoms with Crippen molar-refractivity contribution < 1.29 is 48.6 Å². The van der Waals surface area contributed by atoms with Crippen LogP contribution in [0.25, 0.3) is 0 Å². The van der Waals surface area contributed by atoms with Gasteiger partial charge < -0.3 is 19.1 Å². The number of ether oxygens (including phenoxy) is 1. The van der Waals surface area contributed by atoms with E-state index in [2.05, 4.69) is 13.8 Å². The van der Waals surface area contributed by atoms with Gasteiger partial charge in [0.05, 0.1) is 0 Å². The van der Waals surface area contributed by atoms with Crippen molar-refractivity contribution in [3.63, 3.8) is 0 Å². The van der Waals surface area contributed by atoms with Crippen LogP contribution >= 0.6 is 7.60 Å². The molecular formula is C16H25Na2O4P. The van der Waals surface area contributed by atoms with Gasteiger partial charge in [0.2, 0.25) is 0 Å². The van der Waals surface area contributed by atoms with E-state index in [4.69, 9.17) is 9.63 Å². The molecule has 1 aliphatic carbocycles. The fourth-order valence-corrected chi connectivity index (χ4v) is 2.79. The van der Waals surface area contributed by atoms with Gasteiger partial charge in [-0.25, -0.2) is 0 Å². The second-order valence-corrected chi connectivity index (χ2v) is 7.57. The van der Waals surface area contributed by atoms with Crippen molar-refractivity contribution >= 4 is 37.2 Å². The molecular weight excluding hydrogens is 333 g/mol. The Morgan fingerprint density at radius 2 is 2.09 bits per heavy atom. The molecule has 23 heavy (non-hydrogen) atoms. The molecule has 0 spiro atoms. The Kier molecular flexibility index (Phi) is 11.6. The van der Waals surface area contributed by atoms with Crippen molar-refractivity contribution in [2.75, 3.05) is 6.35 Å². The van der Waals surface area contributed by atoms with Gasteiger partial charge in [0, 0.05) is 0 Å². The molecule has 120 valence electrons. The number of para-hydroxylation sites is 1. The van der Waals surface area contributed by atoms with Crippen LogP contribution in [-0.4, -0.2) is 40.8 Å². The van der Waals surface area contributed by atoms with Gasteiger partial charge in [-0.3, -0.25) is 0 Å². The monoisotopic (exact) mass is 358 g/mol. The SMILES string of the molecule is CCC(C)c1cccc(CCC2CC2)c1OCP(=O)([O-])O.[Na+].[NaH]. The summed E-state index contributed by atoms with van der Waals surface area (Å²) in [4.78, 5) is 20.0. The molecule has 0 heterocycles. The van der Waals surface area contributed by atoms with E-state index in [1.54, 1.807) is 0 Å². The molecule has 2 rings (SSSR count). The molecule has 0 bridgehead atoms. The molecule has 0 amide bonds. The average Bonchev–Trinajstić information content (AvgIpc) is 3.25. The molecule has 1 N–H and O–H groups in total. The number of hydrogen-bond acceptors (Lipinski definition) is 3. The number of benzene rings is 1. The van der Waals surface area contributed by atoms with Crippen LogP contribution in [0.3, 0.4) is 0 Å². The van der Waals surface area contributed by atoms with Crippen LogP contribution in [0.4, 0.5) is 0 Å². The summed E-state index contributed by atoms with van der Waals surface area (Å²) in [6.45, 7) is 4.19. The van der Waals surface area contributed by atoms with Crippen molar-refractivity contribution in [2.45, 2.75) is 51.9 Å². The van der Waals surface area contributed by atoms with E-state index < -0.39 is 13.9 Å². The van der Waals surface area contributed by atoms with Crippen LogP contribution in [-0.2, 0) is 11.0 Å². The van der Waals surface area contributed by atoms with Crippen LogP contribution in [0.15, 0.2) is 18.2 Å². The molecule has 0 radical (unpaired) electrons. The summed E-state index contributed by atoms with van der Waals surface area (Å²) in [7, 11) is -4.41. The number of hydrogen-bond donors (Lipinski definition) is 1. The molecule has 1 aromatic carbocycles. The minimum atomic E-state index is -4.41. The van der Waals surface area contributed by atoms with Crippen LogP contribution in [0.1, 0.15) is 56.6 Å². The maximum absolute atomic E-state index is 11.0. The van der Waals surface area contributed by atoms with Gasteiger partial charge in [0.25, 0.3) is 0 Å². The summed E-state index contributed by atoms with van der Waals surface area (Å²) >= 11 is 0. The first-order chi connectivity index (χ1) is 9.90.